The Morgan fingerprint density at radius 1 is 0.722 bits per heavy atom. The molecule has 0 aromatic rings. The molecule has 18 heavy (non-hydrogen) atoms. The lowest BCUT2D eigenvalue weighted by molar-refractivity contribution is -0.120. The molecule has 0 heterocycles. The van der Waals surface area contributed by atoms with Crippen molar-refractivity contribution < 1.29 is 35.7 Å². The molecule has 0 amide bonds. The van der Waals surface area contributed by atoms with Crippen molar-refractivity contribution in [3.63, 3.8) is 0 Å². The second-order valence-electron chi connectivity index (χ2n) is 4.05. The van der Waals surface area contributed by atoms with Crippen LogP contribution in [0.1, 0.15) is 0 Å². The Morgan fingerprint density at radius 2 is 1.17 bits per heavy atom. The average Bonchev–Trinajstić information content (AvgIpc) is 2.36. The Kier molecular flexibility index (Phi) is 9.42. The van der Waals surface area contributed by atoms with Crippen LogP contribution in [0.3, 0.4) is 0 Å². The first kappa shape index (κ1) is 17.7. The van der Waals surface area contributed by atoms with E-state index in [0.717, 1.165) is 0 Å². The minimum atomic E-state index is -1.67. The zero-order valence-electron chi connectivity index (χ0n) is 10.1. The van der Waals surface area contributed by atoms with Crippen LogP contribution < -0.4 is 0 Å². The summed E-state index contributed by atoms with van der Waals surface area (Å²) in [5.41, 5.74) is 0. The normalized spacial score (nSPS) is 18.7. The van der Waals surface area contributed by atoms with Gasteiger partial charge < -0.3 is 35.7 Å². The summed E-state index contributed by atoms with van der Waals surface area (Å²) in [4.78, 5) is 1.49. The topological polar surface area (TPSA) is 145 Å². The first-order chi connectivity index (χ1) is 8.47. The summed E-state index contributed by atoms with van der Waals surface area (Å²) in [6.45, 7) is -0.777. The van der Waals surface area contributed by atoms with Crippen molar-refractivity contribution in [3.8, 4) is 0 Å². The van der Waals surface area contributed by atoms with E-state index in [1.54, 1.807) is 0 Å². The monoisotopic (exact) mass is 269 g/mol. The van der Waals surface area contributed by atoms with Gasteiger partial charge in [0.05, 0.1) is 25.9 Å². The van der Waals surface area contributed by atoms with Crippen LogP contribution in [0.25, 0.3) is 0 Å². The largest absolute Gasteiger partial charge is 0.395 e. The molecule has 110 valence electrons. The second-order valence-corrected chi connectivity index (χ2v) is 4.05. The number of hydrogen-bond acceptors (Lipinski definition) is 8. The maximum absolute atomic E-state index is 9.65. The van der Waals surface area contributed by atoms with E-state index in [1.807, 2.05) is 0 Å². The third kappa shape index (κ3) is 6.03. The highest BCUT2D eigenvalue weighted by atomic mass is 16.4. The van der Waals surface area contributed by atoms with Crippen molar-refractivity contribution >= 4 is 0 Å². The Labute approximate surface area is 105 Å². The molecule has 7 N–H and O–H groups in total. The molecule has 0 fully saturated rings. The lowest BCUT2D eigenvalue weighted by Gasteiger charge is -2.29. The zero-order chi connectivity index (χ0) is 14.1. The van der Waals surface area contributed by atoms with Crippen molar-refractivity contribution in [3.05, 3.63) is 0 Å². The van der Waals surface area contributed by atoms with E-state index in [1.165, 1.54) is 4.90 Å². The fourth-order valence-electron chi connectivity index (χ4n) is 1.51. The fraction of sp³-hybridized carbons (Fsp3) is 1.00. The van der Waals surface area contributed by atoms with E-state index < -0.39 is 31.0 Å². The molecular weight excluding hydrogens is 246 g/mol. The molecule has 8 nitrogen and oxygen atoms in total. The number of rotatable bonds is 10. The SMILES string of the molecule is OCCN(CCO)CC(O)C(O)C(O)C(O)CO. The van der Waals surface area contributed by atoms with Crippen molar-refractivity contribution in [1.29, 1.82) is 0 Å². The van der Waals surface area contributed by atoms with E-state index >= 15 is 0 Å². The highest BCUT2D eigenvalue weighted by Crippen LogP contribution is 2.06. The molecule has 0 spiro atoms. The Hall–Kier alpha value is -0.320. The van der Waals surface area contributed by atoms with E-state index in [2.05, 4.69) is 0 Å². The second kappa shape index (κ2) is 9.59. The van der Waals surface area contributed by atoms with Crippen LogP contribution in [0.15, 0.2) is 0 Å². The average molecular weight is 269 g/mol. The van der Waals surface area contributed by atoms with Crippen LogP contribution >= 0.6 is 0 Å². The highest BCUT2D eigenvalue weighted by Gasteiger charge is 2.30. The summed E-state index contributed by atoms with van der Waals surface area (Å²) in [5, 5.41) is 63.8. The maximum Gasteiger partial charge on any atom is 0.111 e. The van der Waals surface area contributed by atoms with Crippen LogP contribution in [0.5, 0.6) is 0 Å². The predicted molar refractivity (Wildman–Crippen MR) is 61.7 cm³/mol. The molecule has 0 rings (SSSR count). The van der Waals surface area contributed by atoms with E-state index in [9.17, 15) is 15.3 Å². The molecule has 0 saturated carbocycles. The summed E-state index contributed by atoms with van der Waals surface area (Å²) in [7, 11) is 0. The number of aliphatic hydroxyl groups excluding tert-OH is 7. The first-order valence-corrected chi connectivity index (χ1v) is 5.75. The minimum absolute atomic E-state index is 0.0858. The Bertz CT molecular complexity index is 201. The van der Waals surface area contributed by atoms with Gasteiger partial charge in [-0.3, -0.25) is 4.90 Å². The van der Waals surface area contributed by atoms with Gasteiger partial charge in [0.15, 0.2) is 0 Å². The lowest BCUT2D eigenvalue weighted by atomic mass is 10.0. The standard InChI is InChI=1S/C10H23NO7/c12-3-1-11(2-4-13)5-7(15)9(17)10(18)8(16)6-14/h7-10,12-18H,1-6H2. The van der Waals surface area contributed by atoms with Gasteiger partial charge in [0, 0.05) is 19.6 Å². The summed E-state index contributed by atoms with van der Waals surface area (Å²) in [6.07, 6.45) is -6.22. The van der Waals surface area contributed by atoms with Crippen LogP contribution in [-0.4, -0.2) is 105 Å². The van der Waals surface area contributed by atoms with E-state index in [0.29, 0.717) is 0 Å². The third-order valence-corrected chi connectivity index (χ3v) is 2.60. The quantitative estimate of drug-likeness (QED) is 0.211. The smallest absolute Gasteiger partial charge is 0.111 e. The molecule has 8 heteroatoms. The molecule has 4 unspecified atom stereocenters. The Morgan fingerprint density at radius 3 is 1.56 bits per heavy atom. The minimum Gasteiger partial charge on any atom is -0.395 e. The van der Waals surface area contributed by atoms with Crippen molar-refractivity contribution in [2.24, 2.45) is 0 Å². The Balaban J connectivity index is 4.29. The molecule has 0 aromatic heterocycles. The molecule has 0 aliphatic carbocycles. The van der Waals surface area contributed by atoms with Gasteiger partial charge in [0.2, 0.25) is 0 Å². The summed E-state index contributed by atoms with van der Waals surface area (Å²) >= 11 is 0. The molecule has 0 saturated heterocycles. The molecule has 0 aliphatic rings. The molecule has 0 aliphatic heterocycles. The molecule has 0 radical (unpaired) electrons. The molecular formula is C10H23NO7. The summed E-state index contributed by atoms with van der Waals surface area (Å²) < 4.78 is 0. The zero-order valence-corrected chi connectivity index (χ0v) is 10.1. The van der Waals surface area contributed by atoms with Gasteiger partial charge in [-0.15, -0.1) is 0 Å². The molecule has 4 atom stereocenters. The third-order valence-electron chi connectivity index (χ3n) is 2.60. The van der Waals surface area contributed by atoms with Crippen molar-refractivity contribution in [2.45, 2.75) is 24.4 Å². The summed E-state index contributed by atoms with van der Waals surface area (Å²) in [5.74, 6) is 0. The number of hydrogen-bond donors (Lipinski definition) is 7. The lowest BCUT2D eigenvalue weighted by Crippen LogP contribution is -2.50. The van der Waals surface area contributed by atoms with E-state index in [-0.39, 0.29) is 32.8 Å². The maximum atomic E-state index is 9.65. The predicted octanol–water partition coefficient (Wildman–Crippen LogP) is -4.29. The fourth-order valence-corrected chi connectivity index (χ4v) is 1.51. The van der Waals surface area contributed by atoms with Gasteiger partial charge in [-0.25, -0.2) is 0 Å². The van der Waals surface area contributed by atoms with Gasteiger partial charge in [-0.2, -0.15) is 0 Å². The van der Waals surface area contributed by atoms with Crippen molar-refractivity contribution in [2.75, 3.05) is 39.5 Å². The summed E-state index contributed by atoms with van der Waals surface area (Å²) in [6, 6.07) is 0. The molecule has 0 aromatic carbocycles. The van der Waals surface area contributed by atoms with Gasteiger partial charge in [-0.1, -0.05) is 0 Å². The van der Waals surface area contributed by atoms with Gasteiger partial charge in [-0.05, 0) is 0 Å². The van der Waals surface area contributed by atoms with Crippen LogP contribution in [0.2, 0.25) is 0 Å². The van der Waals surface area contributed by atoms with Gasteiger partial charge in [0.1, 0.15) is 18.3 Å². The van der Waals surface area contributed by atoms with Gasteiger partial charge in [0.25, 0.3) is 0 Å². The van der Waals surface area contributed by atoms with Crippen LogP contribution in [0, 0.1) is 0 Å². The highest BCUT2D eigenvalue weighted by molar-refractivity contribution is 4.82. The van der Waals surface area contributed by atoms with Crippen LogP contribution in [-0.2, 0) is 0 Å². The number of aliphatic hydroxyl groups is 7. The molecule has 0 bridgehead atoms. The van der Waals surface area contributed by atoms with Gasteiger partial charge >= 0.3 is 0 Å². The number of nitrogens with zero attached hydrogens (tertiary/aromatic N) is 1. The van der Waals surface area contributed by atoms with Crippen molar-refractivity contribution in [1.82, 2.24) is 4.90 Å². The van der Waals surface area contributed by atoms with Crippen LogP contribution in [0.4, 0.5) is 0 Å². The van der Waals surface area contributed by atoms with E-state index in [4.69, 9.17) is 20.4 Å². The first-order valence-electron chi connectivity index (χ1n) is 5.75.